The number of hydrogen-bond acceptors (Lipinski definition) is 7. The zero-order chi connectivity index (χ0) is 22.2. The summed E-state index contributed by atoms with van der Waals surface area (Å²) in [6, 6.07) is 6.22. The number of H-pyrrole nitrogens is 1. The third kappa shape index (κ3) is 4.24. The number of benzene rings is 1. The molecule has 32 heavy (non-hydrogen) atoms. The van der Waals surface area contributed by atoms with Crippen molar-refractivity contribution in [3.8, 4) is 11.3 Å². The number of aryl methyl sites for hydroxylation is 4. The molecule has 1 aliphatic carbocycles. The van der Waals surface area contributed by atoms with Gasteiger partial charge >= 0.3 is 0 Å². The lowest BCUT2D eigenvalue weighted by Crippen LogP contribution is -2.15. The molecule has 0 bridgehead atoms. The molecule has 0 atom stereocenters. The van der Waals surface area contributed by atoms with E-state index in [0.717, 1.165) is 40.7 Å². The number of anilines is 1. The van der Waals surface area contributed by atoms with Gasteiger partial charge in [-0.05, 0) is 62.3 Å². The Hall–Kier alpha value is -2.49. The number of nitrogens with one attached hydrogen (secondary N) is 2. The Morgan fingerprint density at radius 3 is 2.88 bits per heavy atom. The first-order valence-corrected chi connectivity index (χ1v) is 13.2. The van der Waals surface area contributed by atoms with Crippen LogP contribution in [0.25, 0.3) is 21.5 Å². The molecule has 1 aliphatic rings. The number of fused-ring (bicyclic) bond motifs is 3. The summed E-state index contributed by atoms with van der Waals surface area (Å²) < 4.78 is 0. The predicted molar refractivity (Wildman–Crippen MR) is 133 cm³/mol. The molecule has 164 valence electrons. The SMILES string of the molecule is Cc1ccc(-c2csc(NC(=O)CSc3nc4sc5c(c4c(=O)[nH]3)CCCC5)n2)cc1C. The van der Waals surface area contributed by atoms with E-state index in [1.54, 1.807) is 11.3 Å². The highest BCUT2D eigenvalue weighted by molar-refractivity contribution is 7.99. The Labute approximate surface area is 197 Å². The lowest BCUT2D eigenvalue weighted by Gasteiger charge is -2.09. The summed E-state index contributed by atoms with van der Waals surface area (Å²) in [5.41, 5.74) is 5.40. The van der Waals surface area contributed by atoms with Crippen molar-refractivity contribution in [2.45, 2.75) is 44.7 Å². The van der Waals surface area contributed by atoms with Crippen molar-refractivity contribution in [1.29, 1.82) is 0 Å². The molecule has 0 spiro atoms. The Morgan fingerprint density at radius 1 is 1.19 bits per heavy atom. The van der Waals surface area contributed by atoms with Gasteiger partial charge in [0.05, 0.1) is 16.8 Å². The molecule has 4 aromatic rings. The van der Waals surface area contributed by atoms with Gasteiger partial charge in [-0.3, -0.25) is 9.59 Å². The number of hydrogen-bond donors (Lipinski definition) is 2. The molecule has 1 amide bonds. The average Bonchev–Trinajstić information content (AvgIpc) is 3.38. The first kappa shape index (κ1) is 21.4. The van der Waals surface area contributed by atoms with E-state index in [9.17, 15) is 9.59 Å². The van der Waals surface area contributed by atoms with Crippen LogP contribution in [0.3, 0.4) is 0 Å². The van der Waals surface area contributed by atoms with E-state index in [1.807, 2.05) is 11.4 Å². The molecule has 0 fully saturated rings. The van der Waals surface area contributed by atoms with Crippen molar-refractivity contribution >= 4 is 55.7 Å². The number of rotatable bonds is 5. The highest BCUT2D eigenvalue weighted by Crippen LogP contribution is 2.34. The van der Waals surface area contributed by atoms with Gasteiger partial charge in [0.15, 0.2) is 10.3 Å². The predicted octanol–water partition coefficient (Wildman–Crippen LogP) is 5.33. The number of aromatic amines is 1. The Bertz CT molecular complexity index is 1390. The third-order valence-corrected chi connectivity index (χ3v) is 8.51. The van der Waals surface area contributed by atoms with Crippen LogP contribution in [-0.2, 0) is 17.6 Å². The van der Waals surface area contributed by atoms with E-state index in [1.165, 1.54) is 51.1 Å². The number of thiophene rings is 1. The molecule has 0 aliphatic heterocycles. The molecular weight excluding hydrogens is 460 g/mol. The normalized spacial score (nSPS) is 13.3. The molecule has 2 N–H and O–H groups in total. The van der Waals surface area contributed by atoms with Crippen LogP contribution in [0.15, 0.2) is 33.5 Å². The van der Waals surface area contributed by atoms with Gasteiger partial charge in [-0.2, -0.15) is 0 Å². The molecule has 6 nitrogen and oxygen atoms in total. The maximum atomic E-state index is 12.6. The fraction of sp³-hybridized carbons (Fsp3) is 0.304. The topological polar surface area (TPSA) is 87.7 Å². The van der Waals surface area contributed by atoms with Gasteiger partial charge in [0.1, 0.15) is 4.83 Å². The minimum atomic E-state index is -0.177. The quantitative estimate of drug-likeness (QED) is 0.296. The lowest BCUT2D eigenvalue weighted by atomic mass is 9.97. The monoisotopic (exact) mass is 482 g/mol. The van der Waals surface area contributed by atoms with Gasteiger partial charge in [0.2, 0.25) is 5.91 Å². The van der Waals surface area contributed by atoms with Crippen LogP contribution in [0.1, 0.15) is 34.4 Å². The number of amides is 1. The number of carbonyl (C=O) groups excluding carboxylic acids is 1. The van der Waals surface area contributed by atoms with Crippen molar-refractivity contribution in [2.24, 2.45) is 0 Å². The van der Waals surface area contributed by atoms with Crippen molar-refractivity contribution in [3.63, 3.8) is 0 Å². The Morgan fingerprint density at radius 2 is 2.03 bits per heavy atom. The number of thioether (sulfide) groups is 1. The molecule has 0 unspecified atom stereocenters. The van der Waals surface area contributed by atoms with Crippen LogP contribution in [0.2, 0.25) is 0 Å². The van der Waals surface area contributed by atoms with E-state index < -0.39 is 0 Å². The van der Waals surface area contributed by atoms with Crippen LogP contribution >= 0.6 is 34.4 Å². The third-order valence-electron chi connectivity index (χ3n) is 5.70. The minimum absolute atomic E-state index is 0.102. The highest BCUT2D eigenvalue weighted by Gasteiger charge is 2.20. The smallest absolute Gasteiger partial charge is 0.260 e. The molecule has 0 saturated carbocycles. The molecule has 5 rings (SSSR count). The van der Waals surface area contributed by atoms with Crippen LogP contribution in [0.5, 0.6) is 0 Å². The first-order chi connectivity index (χ1) is 15.5. The minimum Gasteiger partial charge on any atom is -0.301 e. The first-order valence-electron chi connectivity index (χ1n) is 10.5. The van der Waals surface area contributed by atoms with E-state index in [-0.39, 0.29) is 17.2 Å². The van der Waals surface area contributed by atoms with Crippen molar-refractivity contribution in [2.75, 3.05) is 11.1 Å². The van der Waals surface area contributed by atoms with Gasteiger partial charge in [0.25, 0.3) is 5.56 Å². The highest BCUT2D eigenvalue weighted by atomic mass is 32.2. The summed E-state index contributed by atoms with van der Waals surface area (Å²) >= 11 is 4.25. The summed E-state index contributed by atoms with van der Waals surface area (Å²) in [6.45, 7) is 4.15. The maximum absolute atomic E-state index is 12.6. The summed E-state index contributed by atoms with van der Waals surface area (Å²) in [5.74, 6) is -0.0258. The van der Waals surface area contributed by atoms with Crippen molar-refractivity contribution in [3.05, 3.63) is 55.5 Å². The molecule has 3 aromatic heterocycles. The molecule has 3 heterocycles. The second kappa shape index (κ2) is 8.80. The fourth-order valence-electron chi connectivity index (χ4n) is 3.87. The standard InChI is InChI=1S/C23H22N4O2S3/c1-12-7-8-14(9-13(12)2)16-10-30-22(24-16)25-18(28)11-31-23-26-20(29)19-15-5-3-4-6-17(15)32-21(19)27-23/h7-10H,3-6,11H2,1-2H3,(H,24,25,28)(H,26,27,29). The Balaban J connectivity index is 1.25. The number of carbonyl (C=O) groups is 1. The summed E-state index contributed by atoms with van der Waals surface area (Å²) in [4.78, 5) is 39.2. The number of aromatic nitrogens is 3. The van der Waals surface area contributed by atoms with E-state index in [2.05, 4.69) is 46.2 Å². The zero-order valence-electron chi connectivity index (χ0n) is 17.8. The van der Waals surface area contributed by atoms with Gasteiger partial charge in [-0.1, -0.05) is 23.9 Å². The van der Waals surface area contributed by atoms with Crippen LogP contribution in [0.4, 0.5) is 5.13 Å². The van der Waals surface area contributed by atoms with E-state index >= 15 is 0 Å². The molecule has 9 heteroatoms. The van der Waals surface area contributed by atoms with Gasteiger partial charge < -0.3 is 10.3 Å². The summed E-state index contributed by atoms with van der Waals surface area (Å²) in [5, 5.41) is 6.57. The van der Waals surface area contributed by atoms with Gasteiger partial charge in [-0.25, -0.2) is 9.97 Å². The fourth-order valence-corrected chi connectivity index (χ4v) is 6.58. The van der Waals surface area contributed by atoms with E-state index in [0.29, 0.717) is 10.3 Å². The van der Waals surface area contributed by atoms with Crippen LogP contribution in [0, 0.1) is 13.8 Å². The van der Waals surface area contributed by atoms with Gasteiger partial charge in [-0.15, -0.1) is 22.7 Å². The Kier molecular flexibility index (Phi) is 5.88. The molecular formula is C23H22N4O2S3. The van der Waals surface area contributed by atoms with Crippen LogP contribution < -0.4 is 10.9 Å². The second-order valence-corrected chi connectivity index (χ2v) is 10.8. The molecule has 0 radical (unpaired) electrons. The van der Waals surface area contributed by atoms with Crippen LogP contribution in [-0.4, -0.2) is 26.6 Å². The van der Waals surface area contributed by atoms with Gasteiger partial charge in [0, 0.05) is 15.8 Å². The largest absolute Gasteiger partial charge is 0.301 e. The second-order valence-electron chi connectivity index (χ2n) is 7.94. The lowest BCUT2D eigenvalue weighted by molar-refractivity contribution is -0.113. The van der Waals surface area contributed by atoms with E-state index in [4.69, 9.17) is 0 Å². The van der Waals surface area contributed by atoms with Crippen molar-refractivity contribution < 1.29 is 4.79 Å². The average molecular weight is 483 g/mol. The number of thiazole rings is 1. The molecule has 0 saturated heterocycles. The summed E-state index contributed by atoms with van der Waals surface area (Å²) in [6.07, 6.45) is 4.27. The molecule has 1 aromatic carbocycles. The van der Waals surface area contributed by atoms with Crippen molar-refractivity contribution in [1.82, 2.24) is 15.0 Å². The maximum Gasteiger partial charge on any atom is 0.260 e. The zero-order valence-corrected chi connectivity index (χ0v) is 20.2. The summed E-state index contributed by atoms with van der Waals surface area (Å²) in [7, 11) is 0. The number of nitrogens with zero attached hydrogens (tertiary/aromatic N) is 2.